The molecule has 3 heterocycles. The Balaban J connectivity index is 1.46. The summed E-state index contributed by atoms with van der Waals surface area (Å²) in [6, 6.07) is 18.5. The van der Waals surface area contributed by atoms with Crippen LogP contribution in [0.25, 0.3) is 22.3 Å². The number of benzene rings is 2. The summed E-state index contributed by atoms with van der Waals surface area (Å²) in [5.74, 6) is 1.04. The fraction of sp³-hybridized carbons (Fsp3) is 0.120. The topological polar surface area (TPSA) is 116 Å². The average molecular weight is 485 g/mol. The number of nitrogens with zero attached hydrogens (tertiary/aromatic N) is 5. The fourth-order valence-corrected chi connectivity index (χ4v) is 4.45. The van der Waals surface area contributed by atoms with Gasteiger partial charge in [0.05, 0.1) is 35.9 Å². The number of pyridine rings is 1. The molecule has 0 bridgehead atoms. The minimum atomic E-state index is -0.484. The zero-order valence-corrected chi connectivity index (χ0v) is 19.5. The second kappa shape index (κ2) is 9.90. The molecule has 1 N–H and O–H groups in total. The monoisotopic (exact) mass is 484 g/mol. The summed E-state index contributed by atoms with van der Waals surface area (Å²) >= 11 is 1.41. The van der Waals surface area contributed by atoms with Crippen molar-refractivity contribution in [3.63, 3.8) is 0 Å². The van der Waals surface area contributed by atoms with E-state index in [1.807, 2.05) is 47.0 Å². The number of hydrogen-bond donors (Lipinski definition) is 1. The van der Waals surface area contributed by atoms with Crippen LogP contribution >= 0.6 is 11.8 Å². The zero-order valence-electron chi connectivity index (χ0n) is 18.7. The van der Waals surface area contributed by atoms with Gasteiger partial charge in [0.25, 0.3) is 5.56 Å². The number of nitrogens with one attached hydrogen (secondary N) is 1. The Hall–Kier alpha value is -4.31. The molecule has 0 saturated heterocycles. The van der Waals surface area contributed by atoms with E-state index in [9.17, 15) is 9.59 Å². The Morgan fingerprint density at radius 3 is 2.71 bits per heavy atom. The number of aromatic amines is 1. The summed E-state index contributed by atoms with van der Waals surface area (Å²) in [6.07, 6.45) is 3.46. The van der Waals surface area contributed by atoms with E-state index in [2.05, 4.69) is 25.1 Å². The number of methoxy groups -OCH3 is 1. The molecule has 0 aliphatic carbocycles. The van der Waals surface area contributed by atoms with Crippen LogP contribution in [0, 0.1) is 0 Å². The predicted molar refractivity (Wildman–Crippen MR) is 132 cm³/mol. The molecule has 2 aromatic carbocycles. The lowest BCUT2D eigenvalue weighted by Gasteiger charge is -2.10. The van der Waals surface area contributed by atoms with Crippen molar-refractivity contribution in [1.29, 1.82) is 0 Å². The number of thioether (sulfide) groups is 1. The second-order valence-corrected chi connectivity index (χ2v) is 8.59. The predicted octanol–water partition coefficient (Wildman–Crippen LogP) is 3.70. The van der Waals surface area contributed by atoms with Gasteiger partial charge in [-0.15, -0.1) is 10.2 Å². The smallest absolute Gasteiger partial charge is 0.337 e. The van der Waals surface area contributed by atoms with Crippen molar-refractivity contribution < 1.29 is 9.53 Å². The largest absolute Gasteiger partial charge is 0.465 e. The number of H-pyrrole nitrogens is 1. The van der Waals surface area contributed by atoms with Crippen molar-refractivity contribution >= 4 is 28.6 Å². The maximum Gasteiger partial charge on any atom is 0.337 e. The van der Waals surface area contributed by atoms with Gasteiger partial charge >= 0.3 is 5.97 Å². The Bertz CT molecular complexity index is 1550. The van der Waals surface area contributed by atoms with Gasteiger partial charge in [-0.3, -0.25) is 14.3 Å². The van der Waals surface area contributed by atoms with E-state index < -0.39 is 5.97 Å². The number of fused-ring (bicyclic) bond motifs is 1. The van der Waals surface area contributed by atoms with Gasteiger partial charge in [0.1, 0.15) is 5.82 Å². The van der Waals surface area contributed by atoms with Crippen LogP contribution in [0.3, 0.4) is 0 Å². The van der Waals surface area contributed by atoms with Gasteiger partial charge in [-0.05, 0) is 35.9 Å². The van der Waals surface area contributed by atoms with E-state index in [1.165, 1.54) is 18.9 Å². The lowest BCUT2D eigenvalue weighted by molar-refractivity contribution is 0.0601. The molecule has 0 aliphatic rings. The normalized spacial score (nSPS) is 11.0. The van der Waals surface area contributed by atoms with E-state index in [-0.39, 0.29) is 5.56 Å². The van der Waals surface area contributed by atoms with Crippen LogP contribution in [0.2, 0.25) is 0 Å². The van der Waals surface area contributed by atoms with Crippen LogP contribution in [0.5, 0.6) is 0 Å². The average Bonchev–Trinajstić information content (AvgIpc) is 3.30. The molecule has 0 unspecified atom stereocenters. The molecule has 0 radical (unpaired) electrons. The Morgan fingerprint density at radius 2 is 1.94 bits per heavy atom. The number of ether oxygens (including phenoxy) is 1. The van der Waals surface area contributed by atoms with Crippen molar-refractivity contribution in [2.75, 3.05) is 7.11 Å². The minimum absolute atomic E-state index is 0.274. The lowest BCUT2D eigenvalue weighted by atomic mass is 10.1. The molecule has 3 aromatic heterocycles. The van der Waals surface area contributed by atoms with Crippen LogP contribution in [-0.2, 0) is 17.0 Å². The van der Waals surface area contributed by atoms with Crippen molar-refractivity contribution in [3.05, 3.63) is 100 Å². The van der Waals surface area contributed by atoms with E-state index in [4.69, 9.17) is 4.74 Å². The molecular weight excluding hydrogens is 464 g/mol. The number of hydrogen-bond acceptors (Lipinski definition) is 8. The van der Waals surface area contributed by atoms with Crippen molar-refractivity contribution in [2.45, 2.75) is 17.5 Å². The van der Waals surface area contributed by atoms with Crippen molar-refractivity contribution in [1.82, 2.24) is 29.7 Å². The zero-order chi connectivity index (χ0) is 24.2. The standard InChI is InChI=1S/C25H20N6O3S/c1-34-24(33)17-9-10-19-20(12-17)27-21(28-23(19)32)15-35-25-30-29-22(18-8-5-11-26-13-18)31(25)14-16-6-3-2-4-7-16/h2-13H,14-15H2,1H3,(H,27,28,32). The molecule has 0 aliphatic heterocycles. The molecule has 5 rings (SSSR count). The summed E-state index contributed by atoms with van der Waals surface area (Å²) in [5.41, 5.74) is 2.44. The number of aromatic nitrogens is 6. The highest BCUT2D eigenvalue weighted by molar-refractivity contribution is 7.98. The summed E-state index contributed by atoms with van der Waals surface area (Å²) < 4.78 is 6.79. The van der Waals surface area contributed by atoms with Crippen molar-refractivity contribution in [2.24, 2.45) is 0 Å². The number of esters is 1. The molecule has 0 saturated carbocycles. The third-order valence-electron chi connectivity index (χ3n) is 5.33. The van der Waals surface area contributed by atoms with Gasteiger partial charge < -0.3 is 9.72 Å². The summed E-state index contributed by atoms with van der Waals surface area (Å²) in [7, 11) is 1.31. The highest BCUT2D eigenvalue weighted by atomic mass is 32.2. The molecule has 0 atom stereocenters. The molecule has 0 fully saturated rings. The maximum atomic E-state index is 12.6. The number of rotatable bonds is 7. The lowest BCUT2D eigenvalue weighted by Crippen LogP contribution is -2.12. The third-order valence-corrected chi connectivity index (χ3v) is 6.31. The quantitative estimate of drug-likeness (QED) is 0.275. The molecular formula is C25H20N6O3S. The van der Waals surface area contributed by atoms with E-state index >= 15 is 0 Å². The van der Waals surface area contributed by atoms with Crippen LogP contribution in [-0.4, -0.2) is 42.8 Å². The Labute approximate surface area is 204 Å². The Morgan fingerprint density at radius 1 is 1.09 bits per heavy atom. The highest BCUT2D eigenvalue weighted by Gasteiger charge is 2.16. The SMILES string of the molecule is COC(=O)c1ccc2c(=O)[nH]c(CSc3nnc(-c4cccnc4)n3Cc3ccccc3)nc2c1. The van der Waals surface area contributed by atoms with Gasteiger partial charge in [0.2, 0.25) is 0 Å². The summed E-state index contributed by atoms with van der Waals surface area (Å²) in [5, 5.41) is 9.90. The van der Waals surface area contributed by atoms with Gasteiger partial charge in [-0.1, -0.05) is 42.1 Å². The number of carbonyl (C=O) groups excluding carboxylic acids is 1. The molecule has 0 spiro atoms. The van der Waals surface area contributed by atoms with Gasteiger partial charge in [0.15, 0.2) is 11.0 Å². The molecule has 174 valence electrons. The summed E-state index contributed by atoms with van der Waals surface area (Å²) in [4.78, 5) is 36.1. The van der Waals surface area contributed by atoms with Gasteiger partial charge in [-0.25, -0.2) is 9.78 Å². The third kappa shape index (κ3) is 4.82. The van der Waals surface area contributed by atoms with Crippen LogP contribution in [0.1, 0.15) is 21.7 Å². The highest BCUT2D eigenvalue weighted by Crippen LogP contribution is 2.26. The first-order valence-electron chi connectivity index (χ1n) is 10.7. The van der Waals surface area contributed by atoms with E-state index in [0.29, 0.717) is 45.6 Å². The van der Waals surface area contributed by atoms with Crippen LogP contribution in [0.15, 0.2) is 83.0 Å². The molecule has 5 aromatic rings. The number of carbonyl (C=O) groups is 1. The molecule has 0 amide bonds. The molecule has 9 nitrogen and oxygen atoms in total. The molecule has 35 heavy (non-hydrogen) atoms. The first kappa shape index (κ1) is 22.5. The van der Waals surface area contributed by atoms with Crippen LogP contribution < -0.4 is 5.56 Å². The van der Waals surface area contributed by atoms with Crippen LogP contribution in [0.4, 0.5) is 0 Å². The fourth-order valence-electron chi connectivity index (χ4n) is 3.65. The first-order chi connectivity index (χ1) is 17.1. The second-order valence-electron chi connectivity index (χ2n) is 7.64. The van der Waals surface area contributed by atoms with E-state index in [1.54, 1.807) is 30.6 Å². The van der Waals surface area contributed by atoms with Gasteiger partial charge in [-0.2, -0.15) is 0 Å². The summed E-state index contributed by atoms with van der Waals surface area (Å²) in [6.45, 7) is 0.574. The maximum absolute atomic E-state index is 12.6. The van der Waals surface area contributed by atoms with Gasteiger partial charge in [0, 0.05) is 18.0 Å². The Kier molecular flexibility index (Phi) is 6.36. The first-order valence-corrected chi connectivity index (χ1v) is 11.7. The van der Waals surface area contributed by atoms with Crippen molar-refractivity contribution in [3.8, 4) is 11.4 Å². The minimum Gasteiger partial charge on any atom is -0.465 e. The van der Waals surface area contributed by atoms with E-state index in [0.717, 1.165) is 11.1 Å². The molecule has 10 heteroatoms.